The van der Waals surface area contributed by atoms with Gasteiger partial charge in [0.25, 0.3) is 5.56 Å². The molecule has 1 aromatic heterocycles. The maximum Gasteiger partial charge on any atom is 0.355 e. The molecule has 9 nitrogen and oxygen atoms in total. The van der Waals surface area contributed by atoms with Crippen molar-refractivity contribution >= 4 is 23.3 Å². The van der Waals surface area contributed by atoms with Gasteiger partial charge in [-0.25, -0.2) is 4.79 Å². The van der Waals surface area contributed by atoms with Crippen molar-refractivity contribution in [2.24, 2.45) is 5.10 Å². The zero-order chi connectivity index (χ0) is 18.8. The lowest BCUT2D eigenvalue weighted by atomic mass is 9.92. The van der Waals surface area contributed by atoms with E-state index in [-0.39, 0.29) is 11.3 Å². The van der Waals surface area contributed by atoms with Gasteiger partial charge in [0.1, 0.15) is 5.92 Å². The number of para-hydroxylation sites is 1. The van der Waals surface area contributed by atoms with Gasteiger partial charge >= 0.3 is 11.9 Å². The van der Waals surface area contributed by atoms with Crippen LogP contribution in [0.2, 0.25) is 0 Å². The Bertz CT molecular complexity index is 951. The second kappa shape index (κ2) is 6.79. The van der Waals surface area contributed by atoms with Crippen molar-refractivity contribution in [1.29, 1.82) is 0 Å². The number of carbonyl (C=O) groups excluding carboxylic acids is 2. The van der Waals surface area contributed by atoms with Crippen LogP contribution in [0.25, 0.3) is 5.69 Å². The lowest BCUT2D eigenvalue weighted by Crippen LogP contribution is -2.42. The standard InChI is InChI=1S/C17H16N4O5/c1-20-11-9-18-21(10-7-5-4-6-8-10)15(22)12(11)13(16(23)25-2)14(19-20)17(24)26-3/h4-9,13H,1-3H3. The van der Waals surface area contributed by atoms with Gasteiger partial charge in [-0.15, -0.1) is 0 Å². The summed E-state index contributed by atoms with van der Waals surface area (Å²) in [7, 11) is 3.89. The van der Waals surface area contributed by atoms with Gasteiger partial charge in [-0.2, -0.15) is 14.9 Å². The molecule has 0 amide bonds. The molecule has 0 bridgehead atoms. The Labute approximate surface area is 148 Å². The van der Waals surface area contributed by atoms with E-state index in [0.29, 0.717) is 11.4 Å². The molecule has 0 aliphatic carbocycles. The summed E-state index contributed by atoms with van der Waals surface area (Å²) in [6.45, 7) is 0. The van der Waals surface area contributed by atoms with E-state index >= 15 is 0 Å². The Hall–Kier alpha value is -3.49. The van der Waals surface area contributed by atoms with Gasteiger partial charge in [0.2, 0.25) is 0 Å². The molecular formula is C17H16N4O5. The van der Waals surface area contributed by atoms with Crippen LogP contribution in [-0.2, 0) is 19.1 Å². The fourth-order valence-corrected chi connectivity index (χ4v) is 2.76. The first-order valence-electron chi connectivity index (χ1n) is 7.65. The minimum Gasteiger partial charge on any atom is -0.468 e. The molecule has 2 heterocycles. The highest BCUT2D eigenvalue weighted by Crippen LogP contribution is 2.31. The van der Waals surface area contributed by atoms with Crippen LogP contribution in [0.1, 0.15) is 11.5 Å². The first-order valence-corrected chi connectivity index (χ1v) is 7.65. The second-order valence-corrected chi connectivity index (χ2v) is 5.45. The van der Waals surface area contributed by atoms with Crippen molar-refractivity contribution in [3.8, 4) is 5.69 Å². The minimum atomic E-state index is -1.30. The molecule has 1 aliphatic rings. The molecule has 0 fully saturated rings. The molecule has 1 aliphatic heterocycles. The number of ether oxygens (including phenoxy) is 2. The average molecular weight is 356 g/mol. The van der Waals surface area contributed by atoms with Crippen LogP contribution in [0, 0.1) is 0 Å². The van der Waals surface area contributed by atoms with Crippen molar-refractivity contribution in [3.63, 3.8) is 0 Å². The van der Waals surface area contributed by atoms with Crippen LogP contribution in [0.15, 0.2) is 46.4 Å². The third kappa shape index (κ3) is 2.73. The number of hydrogen-bond acceptors (Lipinski definition) is 8. The largest absolute Gasteiger partial charge is 0.468 e. The van der Waals surface area contributed by atoms with Gasteiger partial charge in [0, 0.05) is 7.05 Å². The lowest BCUT2D eigenvalue weighted by molar-refractivity contribution is -0.142. The van der Waals surface area contributed by atoms with Crippen LogP contribution in [-0.4, -0.2) is 48.7 Å². The predicted octanol–water partition coefficient (Wildman–Crippen LogP) is 0.468. The molecular weight excluding hydrogens is 340 g/mol. The third-order valence-corrected chi connectivity index (χ3v) is 3.99. The summed E-state index contributed by atoms with van der Waals surface area (Å²) < 4.78 is 10.7. The third-order valence-electron chi connectivity index (χ3n) is 3.99. The molecule has 134 valence electrons. The molecule has 0 saturated heterocycles. The number of nitrogens with zero attached hydrogens (tertiary/aromatic N) is 4. The summed E-state index contributed by atoms with van der Waals surface area (Å²) in [4.78, 5) is 37.6. The maximum absolute atomic E-state index is 13.1. The van der Waals surface area contributed by atoms with Gasteiger partial charge < -0.3 is 9.47 Å². The fraction of sp³-hybridized carbons (Fsp3) is 0.235. The topological polar surface area (TPSA) is 103 Å². The molecule has 2 aromatic rings. The molecule has 0 radical (unpaired) electrons. The number of hydrogen-bond donors (Lipinski definition) is 0. The first-order chi connectivity index (χ1) is 12.5. The summed E-state index contributed by atoms with van der Waals surface area (Å²) in [5.41, 5.74) is 0.108. The molecule has 0 saturated carbocycles. The van der Waals surface area contributed by atoms with Crippen molar-refractivity contribution in [2.75, 3.05) is 26.3 Å². The van der Waals surface area contributed by atoms with Crippen LogP contribution in [0.4, 0.5) is 5.69 Å². The molecule has 9 heteroatoms. The number of fused-ring (bicyclic) bond motifs is 1. The number of benzene rings is 1. The molecule has 26 heavy (non-hydrogen) atoms. The van der Waals surface area contributed by atoms with Crippen molar-refractivity contribution in [3.05, 3.63) is 52.4 Å². The number of methoxy groups -OCH3 is 2. The molecule has 0 spiro atoms. The van der Waals surface area contributed by atoms with Crippen LogP contribution in [0.5, 0.6) is 0 Å². The Morgan fingerprint density at radius 1 is 1.12 bits per heavy atom. The maximum atomic E-state index is 13.1. The molecule has 1 atom stereocenters. The van der Waals surface area contributed by atoms with Crippen LogP contribution >= 0.6 is 0 Å². The highest BCUT2D eigenvalue weighted by molar-refractivity contribution is 6.43. The van der Waals surface area contributed by atoms with Gasteiger partial charge in [-0.1, -0.05) is 18.2 Å². The van der Waals surface area contributed by atoms with Crippen molar-refractivity contribution < 1.29 is 19.1 Å². The highest BCUT2D eigenvalue weighted by atomic mass is 16.5. The van der Waals surface area contributed by atoms with Crippen LogP contribution < -0.4 is 10.6 Å². The quantitative estimate of drug-likeness (QED) is 0.736. The summed E-state index contributed by atoms with van der Waals surface area (Å²) in [6, 6.07) is 8.73. The lowest BCUT2D eigenvalue weighted by Gasteiger charge is -2.27. The van der Waals surface area contributed by atoms with Crippen molar-refractivity contribution in [1.82, 2.24) is 9.78 Å². The average Bonchev–Trinajstić information content (AvgIpc) is 2.67. The summed E-state index contributed by atoms with van der Waals surface area (Å²) in [5.74, 6) is -2.91. The monoisotopic (exact) mass is 356 g/mol. The Morgan fingerprint density at radius 3 is 2.42 bits per heavy atom. The second-order valence-electron chi connectivity index (χ2n) is 5.45. The van der Waals surface area contributed by atoms with E-state index in [1.807, 2.05) is 0 Å². The van der Waals surface area contributed by atoms with E-state index in [0.717, 1.165) is 4.68 Å². The van der Waals surface area contributed by atoms with Crippen LogP contribution in [0.3, 0.4) is 0 Å². The van der Waals surface area contributed by atoms with E-state index in [9.17, 15) is 14.4 Å². The van der Waals surface area contributed by atoms with Gasteiger partial charge in [-0.3, -0.25) is 14.6 Å². The zero-order valence-corrected chi connectivity index (χ0v) is 14.4. The fourth-order valence-electron chi connectivity index (χ4n) is 2.76. The molecule has 0 N–H and O–H groups in total. The van der Waals surface area contributed by atoms with E-state index in [1.54, 1.807) is 37.4 Å². The Kier molecular flexibility index (Phi) is 4.53. The number of hydrazone groups is 1. The first kappa shape index (κ1) is 17.3. The van der Waals surface area contributed by atoms with E-state index in [2.05, 4.69) is 10.2 Å². The Balaban J connectivity index is 2.27. The number of esters is 2. The number of rotatable bonds is 3. The molecule has 3 rings (SSSR count). The van der Waals surface area contributed by atoms with Gasteiger partial charge in [0.15, 0.2) is 5.71 Å². The van der Waals surface area contributed by atoms with E-state index in [4.69, 9.17) is 9.47 Å². The van der Waals surface area contributed by atoms with E-state index in [1.165, 1.54) is 25.4 Å². The summed E-state index contributed by atoms with van der Waals surface area (Å²) in [5, 5.41) is 9.53. The summed E-state index contributed by atoms with van der Waals surface area (Å²) >= 11 is 0. The zero-order valence-electron chi connectivity index (χ0n) is 14.4. The molecule has 1 unspecified atom stereocenters. The van der Waals surface area contributed by atoms with Gasteiger partial charge in [0.05, 0.1) is 37.4 Å². The normalized spacial score (nSPS) is 15.7. The highest BCUT2D eigenvalue weighted by Gasteiger charge is 2.41. The number of carbonyl (C=O) groups is 2. The molecule has 1 aromatic carbocycles. The van der Waals surface area contributed by atoms with Crippen molar-refractivity contribution in [2.45, 2.75) is 5.92 Å². The minimum absolute atomic E-state index is 0.0496. The summed E-state index contributed by atoms with van der Waals surface area (Å²) in [6.07, 6.45) is 1.41. The Morgan fingerprint density at radius 2 is 1.81 bits per heavy atom. The number of aromatic nitrogens is 2. The SMILES string of the molecule is COC(=O)C1=NN(C)c2cnn(-c3ccccc3)c(=O)c2C1C(=O)OC. The number of anilines is 1. The smallest absolute Gasteiger partial charge is 0.355 e. The van der Waals surface area contributed by atoms with Gasteiger partial charge in [-0.05, 0) is 12.1 Å². The predicted molar refractivity (Wildman–Crippen MR) is 92.4 cm³/mol. The van der Waals surface area contributed by atoms with E-state index < -0.39 is 23.4 Å².